The molecule has 0 atom stereocenters. The lowest BCUT2D eigenvalue weighted by atomic mass is 10.0. The van der Waals surface area contributed by atoms with Crippen LogP contribution in [-0.4, -0.2) is 10.9 Å². The van der Waals surface area contributed by atoms with Crippen molar-refractivity contribution in [3.63, 3.8) is 0 Å². The molecular formula is C13H14N2O2. The van der Waals surface area contributed by atoms with E-state index in [1.54, 1.807) is 0 Å². The van der Waals surface area contributed by atoms with Gasteiger partial charge >= 0.3 is 0 Å². The fraction of sp³-hybridized carbons (Fsp3) is 0.231. The molecule has 1 aromatic heterocycles. The molecule has 0 saturated heterocycles. The number of fused-ring (bicyclic) bond motifs is 1. The van der Waals surface area contributed by atoms with Gasteiger partial charge in [-0.15, -0.1) is 0 Å². The largest absolute Gasteiger partial charge is 0.365 e. The first-order valence-electron chi connectivity index (χ1n) is 5.46. The van der Waals surface area contributed by atoms with E-state index in [1.165, 1.54) is 6.07 Å². The van der Waals surface area contributed by atoms with Crippen LogP contribution in [0.2, 0.25) is 0 Å². The van der Waals surface area contributed by atoms with Crippen LogP contribution in [0.4, 0.5) is 0 Å². The number of aromatic amines is 1. The lowest BCUT2D eigenvalue weighted by molar-refractivity contribution is 0.0999. The maximum Gasteiger partial charge on any atom is 0.261 e. The van der Waals surface area contributed by atoms with Crippen LogP contribution in [0.3, 0.4) is 0 Å². The second-order valence-corrected chi connectivity index (χ2v) is 4.38. The zero-order chi connectivity index (χ0) is 12.6. The molecule has 2 rings (SSSR count). The minimum atomic E-state index is -0.707. The number of aromatic nitrogens is 1. The molecule has 0 saturated carbocycles. The van der Waals surface area contributed by atoms with Gasteiger partial charge in [0.25, 0.3) is 11.5 Å². The average Bonchev–Trinajstić information content (AvgIpc) is 2.26. The number of H-pyrrole nitrogens is 1. The highest BCUT2D eigenvalue weighted by molar-refractivity contribution is 5.96. The molecule has 2 aromatic rings. The molecule has 0 aliphatic heterocycles. The summed E-state index contributed by atoms with van der Waals surface area (Å²) in [6.45, 7) is 4.16. The number of rotatable bonds is 2. The molecule has 1 amide bonds. The molecule has 0 radical (unpaired) electrons. The van der Waals surface area contributed by atoms with Crippen LogP contribution >= 0.6 is 0 Å². The Bertz CT molecular complexity index is 641. The minimum absolute atomic E-state index is 0.00482. The summed E-state index contributed by atoms with van der Waals surface area (Å²) in [7, 11) is 0. The third-order valence-electron chi connectivity index (χ3n) is 2.80. The van der Waals surface area contributed by atoms with Crippen LogP contribution in [0, 0.1) is 0 Å². The zero-order valence-corrected chi connectivity index (χ0v) is 9.78. The summed E-state index contributed by atoms with van der Waals surface area (Å²) in [4.78, 5) is 25.3. The molecule has 3 N–H and O–H groups in total. The van der Waals surface area contributed by atoms with E-state index in [1.807, 2.05) is 18.2 Å². The van der Waals surface area contributed by atoms with Gasteiger partial charge in [0.2, 0.25) is 0 Å². The average molecular weight is 230 g/mol. The number of nitrogens with one attached hydrogen (secondary N) is 1. The first-order valence-corrected chi connectivity index (χ1v) is 5.46. The Morgan fingerprint density at radius 1 is 1.29 bits per heavy atom. The van der Waals surface area contributed by atoms with Crippen molar-refractivity contribution < 1.29 is 4.79 Å². The van der Waals surface area contributed by atoms with Crippen LogP contribution in [0.5, 0.6) is 0 Å². The highest BCUT2D eigenvalue weighted by atomic mass is 16.2. The van der Waals surface area contributed by atoms with E-state index in [2.05, 4.69) is 18.8 Å². The second-order valence-electron chi connectivity index (χ2n) is 4.38. The molecular weight excluding hydrogens is 216 g/mol. The van der Waals surface area contributed by atoms with Gasteiger partial charge in [-0.1, -0.05) is 26.0 Å². The third kappa shape index (κ3) is 2.06. The summed E-state index contributed by atoms with van der Waals surface area (Å²) in [5.41, 5.74) is 6.55. The van der Waals surface area contributed by atoms with Crippen molar-refractivity contribution in [1.29, 1.82) is 0 Å². The maximum absolute atomic E-state index is 11.6. The molecule has 4 heteroatoms. The first kappa shape index (κ1) is 11.4. The van der Waals surface area contributed by atoms with Gasteiger partial charge < -0.3 is 10.7 Å². The van der Waals surface area contributed by atoms with Crippen molar-refractivity contribution in [3.05, 3.63) is 45.7 Å². The molecule has 1 heterocycles. The molecule has 0 spiro atoms. The quantitative estimate of drug-likeness (QED) is 0.824. The summed E-state index contributed by atoms with van der Waals surface area (Å²) in [5, 5.41) is 0.808. The van der Waals surface area contributed by atoms with E-state index in [-0.39, 0.29) is 5.56 Å². The lowest BCUT2D eigenvalue weighted by Crippen LogP contribution is -2.23. The van der Waals surface area contributed by atoms with Crippen molar-refractivity contribution in [2.24, 2.45) is 5.73 Å². The first-order chi connectivity index (χ1) is 7.99. The number of primary amides is 1. The van der Waals surface area contributed by atoms with E-state index in [0.29, 0.717) is 5.92 Å². The molecule has 0 fully saturated rings. The van der Waals surface area contributed by atoms with E-state index < -0.39 is 11.5 Å². The van der Waals surface area contributed by atoms with Gasteiger partial charge in [-0.25, -0.2) is 0 Å². The molecule has 17 heavy (non-hydrogen) atoms. The van der Waals surface area contributed by atoms with E-state index in [9.17, 15) is 9.59 Å². The number of pyridine rings is 1. The third-order valence-corrected chi connectivity index (χ3v) is 2.80. The Labute approximate surface area is 98.5 Å². The van der Waals surface area contributed by atoms with Crippen molar-refractivity contribution in [3.8, 4) is 0 Å². The van der Waals surface area contributed by atoms with Gasteiger partial charge in [0.05, 0.1) is 0 Å². The number of carbonyl (C=O) groups is 1. The molecule has 0 aliphatic rings. The smallest absolute Gasteiger partial charge is 0.261 e. The van der Waals surface area contributed by atoms with Crippen molar-refractivity contribution in [1.82, 2.24) is 4.98 Å². The highest BCUT2D eigenvalue weighted by Crippen LogP contribution is 2.19. The summed E-state index contributed by atoms with van der Waals surface area (Å²) < 4.78 is 0. The number of carbonyl (C=O) groups excluding carboxylic acids is 1. The highest BCUT2D eigenvalue weighted by Gasteiger charge is 2.08. The van der Waals surface area contributed by atoms with Gasteiger partial charge in [-0.05, 0) is 29.0 Å². The van der Waals surface area contributed by atoms with Crippen LogP contribution in [0.15, 0.2) is 29.1 Å². The van der Waals surface area contributed by atoms with E-state index >= 15 is 0 Å². The molecule has 0 aliphatic carbocycles. The van der Waals surface area contributed by atoms with Gasteiger partial charge in [0.15, 0.2) is 0 Å². The van der Waals surface area contributed by atoms with Crippen LogP contribution < -0.4 is 11.3 Å². The fourth-order valence-electron chi connectivity index (χ4n) is 1.76. The van der Waals surface area contributed by atoms with Gasteiger partial charge in [0, 0.05) is 5.52 Å². The van der Waals surface area contributed by atoms with E-state index in [0.717, 1.165) is 16.5 Å². The lowest BCUT2D eigenvalue weighted by Gasteiger charge is -2.07. The molecule has 0 unspecified atom stereocenters. The standard InChI is InChI=1S/C13H14N2O2/c1-7(2)8-3-4-9-5-10(12(14)16)13(17)15-11(9)6-8/h3-7H,1-2H3,(H2,14,16)(H,15,17). The topological polar surface area (TPSA) is 76.0 Å². The number of nitrogens with two attached hydrogens (primary N) is 1. The predicted molar refractivity (Wildman–Crippen MR) is 67.2 cm³/mol. The molecule has 88 valence electrons. The SMILES string of the molecule is CC(C)c1ccc2cc(C(N)=O)c(=O)[nH]c2c1. The second kappa shape index (κ2) is 4.05. The van der Waals surface area contributed by atoms with Crippen LogP contribution in [0.1, 0.15) is 35.7 Å². The Morgan fingerprint density at radius 3 is 2.59 bits per heavy atom. The fourth-order valence-corrected chi connectivity index (χ4v) is 1.76. The Kier molecular flexibility index (Phi) is 2.71. The minimum Gasteiger partial charge on any atom is -0.365 e. The normalized spacial score (nSPS) is 11.0. The van der Waals surface area contributed by atoms with Crippen molar-refractivity contribution in [2.75, 3.05) is 0 Å². The van der Waals surface area contributed by atoms with E-state index in [4.69, 9.17) is 5.73 Å². The summed E-state index contributed by atoms with van der Waals surface area (Å²) in [5.74, 6) is -0.320. The molecule has 0 bridgehead atoms. The number of hydrogen-bond acceptors (Lipinski definition) is 2. The molecule has 4 nitrogen and oxygen atoms in total. The van der Waals surface area contributed by atoms with Gasteiger partial charge in [0.1, 0.15) is 5.56 Å². The predicted octanol–water partition coefficient (Wildman–Crippen LogP) is 1.75. The monoisotopic (exact) mass is 230 g/mol. The van der Waals surface area contributed by atoms with Gasteiger partial charge in [-0.2, -0.15) is 0 Å². The number of benzene rings is 1. The van der Waals surface area contributed by atoms with Crippen LogP contribution in [0.25, 0.3) is 10.9 Å². The summed E-state index contributed by atoms with van der Waals surface area (Å²) in [6, 6.07) is 7.32. The van der Waals surface area contributed by atoms with Gasteiger partial charge in [-0.3, -0.25) is 9.59 Å². The maximum atomic E-state index is 11.6. The molecule has 1 aromatic carbocycles. The summed E-state index contributed by atoms with van der Waals surface area (Å²) in [6.07, 6.45) is 0. The van der Waals surface area contributed by atoms with Crippen molar-refractivity contribution in [2.45, 2.75) is 19.8 Å². The van der Waals surface area contributed by atoms with Crippen molar-refractivity contribution >= 4 is 16.8 Å². The summed E-state index contributed by atoms with van der Waals surface area (Å²) >= 11 is 0. The number of amides is 1. The number of hydrogen-bond donors (Lipinski definition) is 2. The van der Waals surface area contributed by atoms with Crippen LogP contribution in [-0.2, 0) is 0 Å². The Morgan fingerprint density at radius 2 is 2.00 bits per heavy atom. The Balaban J connectivity index is 2.70. The zero-order valence-electron chi connectivity index (χ0n) is 9.78. The Hall–Kier alpha value is -2.10.